The smallest absolute Gasteiger partial charge is 0.296 e. The highest BCUT2D eigenvalue weighted by Crippen LogP contribution is 2.27. The van der Waals surface area contributed by atoms with Crippen molar-refractivity contribution in [2.24, 2.45) is 5.14 Å². The lowest BCUT2D eigenvalue weighted by atomic mass is 9.97. The number of carbonyl (C=O) groups excluding carboxylic acids is 1. The molecule has 8 heteroatoms. The summed E-state index contributed by atoms with van der Waals surface area (Å²) >= 11 is 5.89. The molecule has 28 heavy (non-hydrogen) atoms. The van der Waals surface area contributed by atoms with Crippen LogP contribution in [0, 0.1) is 6.92 Å². The molecule has 0 bridgehead atoms. The Morgan fingerprint density at radius 1 is 1.11 bits per heavy atom. The van der Waals surface area contributed by atoms with E-state index in [0.717, 1.165) is 16.8 Å². The number of hydrogen-bond acceptors (Lipinski definition) is 3. The highest BCUT2D eigenvalue weighted by atomic mass is 35.5. The van der Waals surface area contributed by atoms with E-state index in [-0.39, 0.29) is 11.7 Å². The summed E-state index contributed by atoms with van der Waals surface area (Å²) in [5.41, 5.74) is 4.20. The zero-order valence-electron chi connectivity index (χ0n) is 15.4. The number of hydrogen-bond donors (Lipinski definition) is 3. The number of benzene rings is 2. The molecule has 0 radical (unpaired) electrons. The van der Waals surface area contributed by atoms with E-state index < -0.39 is 10.2 Å². The Morgan fingerprint density at radius 3 is 2.29 bits per heavy atom. The number of carbonyl (C=O) groups is 1. The first-order valence-corrected chi connectivity index (χ1v) is 10.5. The van der Waals surface area contributed by atoms with Crippen molar-refractivity contribution in [3.8, 4) is 0 Å². The van der Waals surface area contributed by atoms with Gasteiger partial charge < -0.3 is 4.98 Å². The molecule has 1 unspecified atom stereocenters. The molecule has 146 valence electrons. The molecule has 6 nitrogen and oxygen atoms in total. The lowest BCUT2D eigenvalue weighted by molar-refractivity contribution is 0.103. The molecule has 3 rings (SSSR count). The van der Waals surface area contributed by atoms with Gasteiger partial charge in [0, 0.05) is 27.9 Å². The van der Waals surface area contributed by atoms with Gasteiger partial charge >= 0.3 is 0 Å². The van der Waals surface area contributed by atoms with Crippen LogP contribution in [0.15, 0.2) is 54.6 Å². The summed E-state index contributed by atoms with van der Waals surface area (Å²) in [5.74, 6) is -0.116. The van der Waals surface area contributed by atoms with Crippen LogP contribution in [0.5, 0.6) is 0 Å². The second kappa shape index (κ2) is 7.79. The summed E-state index contributed by atoms with van der Waals surface area (Å²) in [6.45, 7) is 3.89. The molecular formula is C20H20ClN3O3S. The third-order valence-corrected chi connectivity index (χ3v) is 5.28. The Kier molecular flexibility index (Phi) is 5.60. The summed E-state index contributed by atoms with van der Waals surface area (Å²) in [7, 11) is -3.81. The fourth-order valence-corrected chi connectivity index (χ4v) is 3.57. The van der Waals surface area contributed by atoms with Crippen LogP contribution in [-0.4, -0.2) is 19.2 Å². The Bertz CT molecular complexity index is 1100. The maximum Gasteiger partial charge on any atom is 0.296 e. The predicted octanol–water partition coefficient (Wildman–Crippen LogP) is 3.97. The standard InChI is InChI=1S/C20H20ClN3O3S/c1-12-11-18(23-19(12)20(25)15-3-7-16(21)8-4-15)13(2)14-5-9-17(10-6-14)24-28(22,26)27/h3-11,13,23-24H,1-2H3,(H2,22,26,27). The molecule has 1 aromatic heterocycles. The van der Waals surface area contributed by atoms with E-state index in [1.54, 1.807) is 36.4 Å². The quantitative estimate of drug-likeness (QED) is 0.528. The minimum atomic E-state index is -3.81. The van der Waals surface area contributed by atoms with Crippen molar-refractivity contribution in [2.45, 2.75) is 19.8 Å². The number of H-pyrrole nitrogens is 1. The number of ketones is 1. The minimum Gasteiger partial charge on any atom is -0.355 e. The van der Waals surface area contributed by atoms with E-state index in [2.05, 4.69) is 9.71 Å². The molecule has 0 aliphatic heterocycles. The van der Waals surface area contributed by atoms with E-state index in [1.807, 2.05) is 32.0 Å². The average molecular weight is 418 g/mol. The van der Waals surface area contributed by atoms with Gasteiger partial charge in [-0.3, -0.25) is 9.52 Å². The molecule has 3 aromatic rings. The van der Waals surface area contributed by atoms with E-state index >= 15 is 0 Å². The monoisotopic (exact) mass is 417 g/mol. The van der Waals surface area contributed by atoms with E-state index in [9.17, 15) is 13.2 Å². The third-order valence-electron chi connectivity index (χ3n) is 4.51. The van der Waals surface area contributed by atoms with Gasteiger partial charge in [-0.1, -0.05) is 30.7 Å². The lowest BCUT2D eigenvalue weighted by Gasteiger charge is -2.11. The molecule has 0 fully saturated rings. The van der Waals surface area contributed by atoms with Gasteiger partial charge in [0.05, 0.1) is 5.69 Å². The predicted molar refractivity (Wildman–Crippen MR) is 111 cm³/mol. The van der Waals surface area contributed by atoms with Crippen LogP contribution < -0.4 is 9.86 Å². The Morgan fingerprint density at radius 2 is 1.71 bits per heavy atom. The number of aryl methyl sites for hydroxylation is 1. The van der Waals surface area contributed by atoms with Crippen molar-refractivity contribution in [1.29, 1.82) is 0 Å². The van der Waals surface area contributed by atoms with Gasteiger partial charge in [0.25, 0.3) is 10.2 Å². The fourth-order valence-electron chi connectivity index (χ4n) is 2.98. The first-order valence-electron chi connectivity index (χ1n) is 8.54. The lowest BCUT2D eigenvalue weighted by Crippen LogP contribution is -2.21. The van der Waals surface area contributed by atoms with Crippen LogP contribution in [-0.2, 0) is 10.2 Å². The van der Waals surface area contributed by atoms with Crippen LogP contribution in [0.4, 0.5) is 5.69 Å². The summed E-state index contributed by atoms with van der Waals surface area (Å²) in [6, 6.07) is 15.6. The molecule has 2 aromatic carbocycles. The molecule has 4 N–H and O–H groups in total. The molecule has 0 aliphatic rings. The van der Waals surface area contributed by atoms with Crippen LogP contribution in [0.3, 0.4) is 0 Å². The zero-order valence-corrected chi connectivity index (χ0v) is 16.9. The Hall–Kier alpha value is -2.61. The van der Waals surface area contributed by atoms with Gasteiger partial charge in [-0.05, 0) is 60.5 Å². The summed E-state index contributed by atoms with van der Waals surface area (Å²) in [4.78, 5) is 16.0. The van der Waals surface area contributed by atoms with Crippen molar-refractivity contribution in [3.63, 3.8) is 0 Å². The second-order valence-corrected chi connectivity index (χ2v) is 8.34. The largest absolute Gasteiger partial charge is 0.355 e. The van der Waals surface area contributed by atoms with Crippen LogP contribution in [0.2, 0.25) is 5.02 Å². The molecular weight excluding hydrogens is 398 g/mol. The van der Waals surface area contributed by atoms with Crippen molar-refractivity contribution in [1.82, 2.24) is 4.98 Å². The number of anilines is 1. The third kappa shape index (κ3) is 4.62. The highest BCUT2D eigenvalue weighted by Gasteiger charge is 2.18. The SMILES string of the molecule is Cc1cc(C(C)c2ccc(NS(N)(=O)=O)cc2)[nH]c1C(=O)c1ccc(Cl)cc1. The fraction of sp³-hybridized carbons (Fsp3) is 0.150. The van der Waals surface area contributed by atoms with Crippen molar-refractivity contribution >= 4 is 33.3 Å². The Labute approximate surface area is 168 Å². The topological polar surface area (TPSA) is 105 Å². The van der Waals surface area contributed by atoms with Gasteiger partial charge in [0.1, 0.15) is 0 Å². The molecule has 1 heterocycles. The van der Waals surface area contributed by atoms with Crippen molar-refractivity contribution < 1.29 is 13.2 Å². The summed E-state index contributed by atoms with van der Waals surface area (Å²) < 4.78 is 24.4. The number of rotatable bonds is 6. The van der Waals surface area contributed by atoms with E-state index in [0.29, 0.717) is 22.0 Å². The number of aromatic nitrogens is 1. The van der Waals surface area contributed by atoms with Crippen molar-refractivity contribution in [2.75, 3.05) is 4.72 Å². The average Bonchev–Trinajstić information content (AvgIpc) is 3.02. The van der Waals surface area contributed by atoms with Crippen LogP contribution >= 0.6 is 11.6 Å². The minimum absolute atomic E-state index is 0.0194. The maximum absolute atomic E-state index is 12.8. The second-order valence-electron chi connectivity index (χ2n) is 6.61. The Balaban J connectivity index is 1.83. The van der Waals surface area contributed by atoms with Crippen LogP contribution in [0.25, 0.3) is 0 Å². The van der Waals surface area contributed by atoms with Gasteiger partial charge in [0.2, 0.25) is 5.78 Å². The molecule has 0 aliphatic carbocycles. The number of nitrogens with one attached hydrogen (secondary N) is 2. The summed E-state index contributed by atoms with van der Waals surface area (Å²) in [6.07, 6.45) is 0. The first-order chi connectivity index (χ1) is 13.1. The number of nitrogens with two attached hydrogens (primary N) is 1. The van der Waals surface area contributed by atoms with E-state index in [1.165, 1.54) is 0 Å². The van der Waals surface area contributed by atoms with Crippen molar-refractivity contribution in [3.05, 3.63) is 87.7 Å². The zero-order chi connectivity index (χ0) is 20.5. The highest BCUT2D eigenvalue weighted by molar-refractivity contribution is 7.90. The maximum atomic E-state index is 12.8. The first kappa shape index (κ1) is 20.1. The number of halogens is 1. The number of aromatic amines is 1. The molecule has 0 spiro atoms. The van der Waals surface area contributed by atoms with Gasteiger partial charge in [-0.15, -0.1) is 0 Å². The molecule has 0 amide bonds. The van der Waals surface area contributed by atoms with Gasteiger partial charge in [0.15, 0.2) is 0 Å². The van der Waals surface area contributed by atoms with Crippen LogP contribution in [0.1, 0.15) is 45.7 Å². The van der Waals surface area contributed by atoms with Gasteiger partial charge in [-0.25, -0.2) is 5.14 Å². The molecule has 1 atom stereocenters. The summed E-state index contributed by atoms with van der Waals surface area (Å²) in [5, 5.41) is 5.56. The molecule has 0 saturated carbocycles. The normalized spacial score (nSPS) is 12.6. The van der Waals surface area contributed by atoms with E-state index in [4.69, 9.17) is 16.7 Å². The molecule has 0 saturated heterocycles. The van der Waals surface area contributed by atoms with Gasteiger partial charge in [-0.2, -0.15) is 8.42 Å².